The van der Waals surface area contributed by atoms with Gasteiger partial charge in [-0.3, -0.25) is 14.7 Å². The van der Waals surface area contributed by atoms with Crippen molar-refractivity contribution in [2.45, 2.75) is 49.9 Å². The van der Waals surface area contributed by atoms with Gasteiger partial charge in [-0.2, -0.15) is 5.26 Å². The fourth-order valence-corrected chi connectivity index (χ4v) is 5.60. The molecule has 0 saturated heterocycles. The lowest BCUT2D eigenvalue weighted by Gasteiger charge is -2.47. The monoisotopic (exact) mass is 457 g/mol. The molecule has 0 radical (unpaired) electrons. The van der Waals surface area contributed by atoms with E-state index < -0.39 is 5.54 Å². The van der Waals surface area contributed by atoms with Crippen LogP contribution in [0.15, 0.2) is 41.7 Å². The van der Waals surface area contributed by atoms with Crippen LogP contribution in [-0.4, -0.2) is 47.6 Å². The number of nitrogens with two attached hydrogens (primary N) is 1. The minimum absolute atomic E-state index is 0.0821. The lowest BCUT2D eigenvalue weighted by atomic mass is 9.66. The number of hydrogen-bond acceptors (Lipinski definition) is 7. The number of carbonyl (C=O) groups is 1. The average molecular weight is 458 g/mol. The largest absolute Gasteiger partial charge is 0.490 e. The summed E-state index contributed by atoms with van der Waals surface area (Å²) < 4.78 is 12.7. The van der Waals surface area contributed by atoms with Crippen LogP contribution in [0.3, 0.4) is 0 Å². The molecule has 4 aliphatic rings. The number of carbonyl (C=O) groups excluding carboxylic acids is 1. The van der Waals surface area contributed by atoms with Crippen LogP contribution in [0.2, 0.25) is 0 Å². The van der Waals surface area contributed by atoms with Gasteiger partial charge >= 0.3 is 0 Å². The van der Waals surface area contributed by atoms with E-state index in [4.69, 9.17) is 20.2 Å². The molecule has 0 bridgehead atoms. The Hall–Kier alpha value is -3.44. The van der Waals surface area contributed by atoms with Gasteiger partial charge in [0.05, 0.1) is 11.7 Å². The van der Waals surface area contributed by atoms with Crippen molar-refractivity contribution < 1.29 is 14.3 Å². The van der Waals surface area contributed by atoms with Crippen LogP contribution in [0, 0.1) is 23.2 Å². The van der Waals surface area contributed by atoms with E-state index in [0.29, 0.717) is 29.2 Å². The number of guanidine groups is 1. The quantitative estimate of drug-likeness (QED) is 0.755. The highest BCUT2D eigenvalue weighted by Crippen LogP contribution is 2.54. The van der Waals surface area contributed by atoms with Crippen molar-refractivity contribution >= 4 is 11.9 Å². The Morgan fingerprint density at radius 1 is 1.24 bits per heavy atom. The summed E-state index contributed by atoms with van der Waals surface area (Å²) >= 11 is 0. The van der Waals surface area contributed by atoms with Crippen LogP contribution >= 0.6 is 0 Å². The first-order chi connectivity index (χ1) is 16.5. The van der Waals surface area contributed by atoms with Crippen molar-refractivity contribution in [3.8, 4) is 22.9 Å². The zero-order valence-electron chi connectivity index (χ0n) is 19.1. The average Bonchev–Trinajstić information content (AvgIpc) is 3.67. The van der Waals surface area contributed by atoms with Crippen LogP contribution in [-0.2, 0) is 15.1 Å². The maximum absolute atomic E-state index is 13.8. The normalized spacial score (nSPS) is 29.8. The number of benzene rings is 1. The van der Waals surface area contributed by atoms with Crippen molar-refractivity contribution in [3.63, 3.8) is 0 Å². The first-order valence-electron chi connectivity index (χ1n) is 11.9. The number of aliphatic imine (C=N–C) groups is 1. The smallest absolute Gasteiger partial charge is 0.262 e. The minimum Gasteiger partial charge on any atom is -0.490 e. The summed E-state index contributed by atoms with van der Waals surface area (Å²) in [5.74, 6) is 1.26. The van der Waals surface area contributed by atoms with Crippen molar-refractivity contribution in [2.24, 2.45) is 22.6 Å². The second-order valence-electron chi connectivity index (χ2n) is 9.86. The Morgan fingerprint density at radius 2 is 2.09 bits per heavy atom. The summed E-state index contributed by atoms with van der Waals surface area (Å²) in [5, 5.41) is 9.29. The number of fused-ring (bicyclic) bond motifs is 4. The van der Waals surface area contributed by atoms with Gasteiger partial charge in [-0.25, -0.2) is 4.99 Å². The molecule has 1 amide bonds. The Balaban J connectivity index is 1.44. The van der Waals surface area contributed by atoms with E-state index in [2.05, 4.69) is 11.1 Å². The highest BCUT2D eigenvalue weighted by Gasteiger charge is 2.61. The van der Waals surface area contributed by atoms with E-state index in [0.717, 1.165) is 30.6 Å². The SMILES string of the molecule is CN1C(=O)C2(N=C1N)c1cc(-c3cncc(C#N)c3)ccc1OC1CC[C@@H](OCC3CC3)C[C@@H]12. The van der Waals surface area contributed by atoms with Crippen molar-refractivity contribution in [3.05, 3.63) is 47.8 Å². The molecular formula is C26H27N5O3. The molecule has 4 atom stereocenters. The molecule has 1 spiro atoms. The van der Waals surface area contributed by atoms with Gasteiger partial charge in [0.1, 0.15) is 17.9 Å². The number of pyridine rings is 1. The summed E-state index contributed by atoms with van der Waals surface area (Å²) in [6, 6.07) is 9.71. The Labute approximate surface area is 198 Å². The zero-order chi connectivity index (χ0) is 23.4. The van der Waals surface area contributed by atoms with E-state index in [9.17, 15) is 10.1 Å². The molecule has 2 unspecified atom stereocenters. The van der Waals surface area contributed by atoms with Gasteiger partial charge in [0.15, 0.2) is 11.5 Å². The Bertz CT molecular complexity index is 1230. The summed E-state index contributed by atoms with van der Waals surface area (Å²) in [6.45, 7) is 0.790. The molecule has 8 nitrogen and oxygen atoms in total. The summed E-state index contributed by atoms with van der Waals surface area (Å²) in [5.41, 5.74) is 7.91. The first kappa shape index (κ1) is 21.1. The molecule has 2 saturated carbocycles. The fraction of sp³-hybridized carbons (Fsp3) is 0.462. The molecule has 1 aromatic heterocycles. The molecule has 6 rings (SSSR count). The standard InChI is InChI=1S/C26H27N5O3/c1-31-24(32)26(30-25(31)28)20-9-17(18-8-16(11-27)12-29-13-18)4-6-22(20)34-23-7-5-19(10-21(23)26)33-14-15-2-3-15/h4,6,8-9,12-13,15,19,21,23H,2-3,5,7,10,14H2,1H3,(H2,28,30)/t19-,21+,23?,26?/m1/s1. The third-order valence-electron chi connectivity index (χ3n) is 7.67. The number of nitriles is 1. The Morgan fingerprint density at radius 3 is 2.82 bits per heavy atom. The Kier molecular flexibility index (Phi) is 4.85. The predicted molar refractivity (Wildman–Crippen MR) is 125 cm³/mol. The lowest BCUT2D eigenvalue weighted by molar-refractivity contribution is -0.139. The summed E-state index contributed by atoms with van der Waals surface area (Å²) in [7, 11) is 1.67. The molecule has 34 heavy (non-hydrogen) atoms. The molecule has 2 fully saturated rings. The fourth-order valence-electron chi connectivity index (χ4n) is 5.60. The molecule has 2 aliphatic carbocycles. The van der Waals surface area contributed by atoms with Gasteiger partial charge in [0, 0.05) is 43.1 Å². The number of aromatic nitrogens is 1. The lowest BCUT2D eigenvalue weighted by Crippen LogP contribution is -2.55. The number of hydrogen-bond donors (Lipinski definition) is 1. The summed E-state index contributed by atoms with van der Waals surface area (Å²) in [4.78, 5) is 24.3. The van der Waals surface area contributed by atoms with Crippen LogP contribution < -0.4 is 10.5 Å². The third kappa shape index (κ3) is 3.26. The van der Waals surface area contributed by atoms with Crippen LogP contribution in [0.4, 0.5) is 0 Å². The number of rotatable bonds is 4. The molecule has 2 aliphatic heterocycles. The molecule has 8 heteroatoms. The van der Waals surface area contributed by atoms with Crippen LogP contribution in [0.5, 0.6) is 5.75 Å². The van der Waals surface area contributed by atoms with Crippen LogP contribution in [0.25, 0.3) is 11.1 Å². The van der Waals surface area contributed by atoms with E-state index in [1.807, 2.05) is 18.2 Å². The molecule has 174 valence electrons. The highest BCUT2D eigenvalue weighted by molar-refractivity contribution is 6.07. The highest BCUT2D eigenvalue weighted by atomic mass is 16.5. The van der Waals surface area contributed by atoms with Crippen molar-refractivity contribution in [1.82, 2.24) is 9.88 Å². The maximum atomic E-state index is 13.8. The van der Waals surface area contributed by atoms with E-state index in [1.165, 1.54) is 23.9 Å². The number of nitrogens with zero attached hydrogens (tertiary/aromatic N) is 4. The number of amides is 1. The zero-order valence-corrected chi connectivity index (χ0v) is 19.1. The molecule has 3 heterocycles. The van der Waals surface area contributed by atoms with E-state index in [1.54, 1.807) is 19.3 Å². The predicted octanol–water partition coefficient (Wildman–Crippen LogP) is 2.96. The van der Waals surface area contributed by atoms with Crippen molar-refractivity contribution in [2.75, 3.05) is 13.7 Å². The van der Waals surface area contributed by atoms with Gasteiger partial charge in [-0.05, 0) is 61.8 Å². The maximum Gasteiger partial charge on any atom is 0.262 e. The molecule has 2 N–H and O–H groups in total. The third-order valence-corrected chi connectivity index (χ3v) is 7.67. The van der Waals surface area contributed by atoms with E-state index in [-0.39, 0.29) is 30.0 Å². The van der Waals surface area contributed by atoms with Crippen LogP contribution in [0.1, 0.15) is 43.2 Å². The van der Waals surface area contributed by atoms with Gasteiger partial charge < -0.3 is 15.2 Å². The molecule has 2 aromatic rings. The van der Waals surface area contributed by atoms with Gasteiger partial charge in [0.2, 0.25) is 0 Å². The van der Waals surface area contributed by atoms with Gasteiger partial charge in [-0.15, -0.1) is 0 Å². The topological polar surface area (TPSA) is 114 Å². The van der Waals surface area contributed by atoms with Gasteiger partial charge in [0.25, 0.3) is 5.91 Å². The van der Waals surface area contributed by atoms with Gasteiger partial charge in [-0.1, -0.05) is 6.07 Å². The number of ether oxygens (including phenoxy) is 2. The molecule has 1 aromatic carbocycles. The second kappa shape index (κ2) is 7.81. The minimum atomic E-state index is -1.14. The second-order valence-corrected chi connectivity index (χ2v) is 9.86. The number of likely N-dealkylation sites (N-methyl/N-ethyl adjacent to an activating group) is 1. The first-order valence-corrected chi connectivity index (χ1v) is 11.9. The van der Waals surface area contributed by atoms with E-state index >= 15 is 0 Å². The summed E-state index contributed by atoms with van der Waals surface area (Å²) in [6.07, 6.45) is 8.10. The van der Waals surface area contributed by atoms with Crippen molar-refractivity contribution in [1.29, 1.82) is 5.26 Å². The molecular weight excluding hydrogens is 430 g/mol.